The van der Waals surface area contributed by atoms with Crippen molar-refractivity contribution in [3.63, 3.8) is 0 Å². The summed E-state index contributed by atoms with van der Waals surface area (Å²) >= 11 is 3.08. The molecule has 2 N–H and O–H groups in total. The van der Waals surface area contributed by atoms with E-state index in [1.54, 1.807) is 29.5 Å². The van der Waals surface area contributed by atoms with E-state index in [0.29, 0.717) is 41.8 Å². The molecule has 0 saturated carbocycles. The number of ether oxygens (including phenoxy) is 1. The zero-order chi connectivity index (χ0) is 29.4. The topological polar surface area (TPSA) is 85.5 Å². The van der Waals surface area contributed by atoms with Gasteiger partial charge in [0.15, 0.2) is 0 Å². The number of carbonyl (C=O) groups excluding carboxylic acids is 2. The molecule has 1 aromatic heterocycles. The highest BCUT2D eigenvalue weighted by atomic mass is 32.2. The highest BCUT2D eigenvalue weighted by Crippen LogP contribution is 2.47. The van der Waals surface area contributed by atoms with Crippen molar-refractivity contribution < 1.29 is 14.3 Å². The lowest BCUT2D eigenvalue weighted by atomic mass is 9.63. The number of fused-ring (bicyclic) bond motifs is 1. The third-order valence-electron chi connectivity index (χ3n) is 8.75. The van der Waals surface area contributed by atoms with Crippen LogP contribution in [0, 0.1) is 0 Å². The Balaban J connectivity index is 1.21. The summed E-state index contributed by atoms with van der Waals surface area (Å²) in [5, 5.41) is 3.36. The minimum absolute atomic E-state index is 0.0742. The third kappa shape index (κ3) is 6.33. The minimum Gasteiger partial charge on any atom is -0.494 e. The molecule has 0 atom stereocenters. The number of piperidine rings is 1. The molecular weight excluding hydrogens is 551 g/mol. The van der Waals surface area contributed by atoms with Crippen LogP contribution in [-0.4, -0.2) is 47.1 Å². The predicted octanol–water partition coefficient (Wildman–Crippen LogP) is 7.16. The lowest BCUT2D eigenvalue weighted by Crippen LogP contribution is -2.38. The van der Waals surface area contributed by atoms with Crippen molar-refractivity contribution in [3.05, 3.63) is 63.5 Å². The lowest BCUT2D eigenvalue weighted by molar-refractivity contribution is -0.129. The van der Waals surface area contributed by atoms with E-state index in [1.807, 2.05) is 11.8 Å². The van der Waals surface area contributed by atoms with E-state index in [4.69, 9.17) is 15.5 Å². The Morgan fingerprint density at radius 2 is 1.76 bits per heavy atom. The molecular formula is C33H41N3O3S2. The van der Waals surface area contributed by atoms with E-state index in [-0.39, 0.29) is 22.5 Å². The zero-order valence-electron chi connectivity index (χ0n) is 24.8. The van der Waals surface area contributed by atoms with E-state index in [0.717, 1.165) is 23.5 Å². The summed E-state index contributed by atoms with van der Waals surface area (Å²) in [5.41, 5.74) is 11.5. The maximum absolute atomic E-state index is 13.1. The quantitative estimate of drug-likeness (QED) is 0.281. The van der Waals surface area contributed by atoms with Crippen molar-refractivity contribution in [2.75, 3.05) is 25.4 Å². The van der Waals surface area contributed by atoms with Crippen LogP contribution in [0.5, 0.6) is 5.75 Å². The number of nitrogens with zero attached hydrogens (tertiary/aromatic N) is 2. The van der Waals surface area contributed by atoms with Gasteiger partial charge in [-0.2, -0.15) is 0 Å². The van der Waals surface area contributed by atoms with Gasteiger partial charge >= 0.3 is 0 Å². The first-order chi connectivity index (χ1) is 19.5. The van der Waals surface area contributed by atoms with Gasteiger partial charge in [-0.1, -0.05) is 39.8 Å². The number of thiazole rings is 1. The van der Waals surface area contributed by atoms with E-state index < -0.39 is 5.91 Å². The van der Waals surface area contributed by atoms with Crippen LogP contribution in [0.3, 0.4) is 0 Å². The standard InChI is InChI=1S/C33H41N3O3S2/c1-6-39-23-8-9-24(30(34)38)28(18-23)40-20-29(37)36-15-11-21(12-16-36)31-35-27(19-41-31)22-7-10-25-26(17-22)33(4,5)14-13-32(25,2)3/h7-10,17-19,21H,6,11-16,20H2,1-5H3,(H2,34,38). The number of carbonyl (C=O) groups is 2. The summed E-state index contributed by atoms with van der Waals surface area (Å²) in [6, 6.07) is 12.1. The summed E-state index contributed by atoms with van der Waals surface area (Å²) in [7, 11) is 0. The molecule has 3 aromatic rings. The molecule has 0 spiro atoms. The molecule has 0 bridgehead atoms. The number of nitrogens with two attached hydrogens (primary N) is 1. The molecule has 5 rings (SSSR count). The van der Waals surface area contributed by atoms with Gasteiger partial charge in [0.25, 0.3) is 0 Å². The number of rotatable bonds is 8. The Hall–Kier alpha value is -2.84. The fraction of sp³-hybridized carbons (Fsp3) is 0.485. The molecule has 2 heterocycles. The average Bonchev–Trinajstić information content (AvgIpc) is 3.45. The molecule has 2 aliphatic rings. The molecule has 0 radical (unpaired) electrons. The van der Waals surface area contributed by atoms with Crippen molar-refractivity contribution in [2.45, 2.75) is 81.9 Å². The SMILES string of the molecule is CCOc1ccc(C(N)=O)c(SCC(=O)N2CCC(c3nc(-c4ccc5c(c4)C(C)(C)CCC5(C)C)cs3)CC2)c1. The number of amides is 2. The normalized spacial score (nSPS) is 18.1. The molecule has 2 amide bonds. The molecule has 1 aliphatic carbocycles. The van der Waals surface area contributed by atoms with Crippen LogP contribution in [-0.2, 0) is 15.6 Å². The Kier molecular flexibility index (Phi) is 8.53. The molecule has 41 heavy (non-hydrogen) atoms. The maximum Gasteiger partial charge on any atom is 0.249 e. The fourth-order valence-corrected chi connectivity index (χ4v) is 8.03. The minimum atomic E-state index is -0.505. The van der Waals surface area contributed by atoms with Gasteiger partial charge in [-0.3, -0.25) is 9.59 Å². The number of thioether (sulfide) groups is 1. The van der Waals surface area contributed by atoms with Crippen molar-refractivity contribution in [2.24, 2.45) is 5.73 Å². The van der Waals surface area contributed by atoms with Gasteiger partial charge in [0, 0.05) is 34.8 Å². The summed E-state index contributed by atoms with van der Waals surface area (Å²) in [6.45, 7) is 13.3. The largest absolute Gasteiger partial charge is 0.494 e. The van der Waals surface area contributed by atoms with Crippen molar-refractivity contribution in [3.8, 4) is 17.0 Å². The van der Waals surface area contributed by atoms with Gasteiger partial charge < -0.3 is 15.4 Å². The van der Waals surface area contributed by atoms with E-state index in [1.165, 1.54) is 41.3 Å². The summed E-state index contributed by atoms with van der Waals surface area (Å²) in [6.07, 6.45) is 4.21. The molecule has 8 heteroatoms. The monoisotopic (exact) mass is 591 g/mol. The average molecular weight is 592 g/mol. The smallest absolute Gasteiger partial charge is 0.249 e. The second kappa shape index (κ2) is 11.8. The van der Waals surface area contributed by atoms with E-state index in [2.05, 4.69) is 51.3 Å². The van der Waals surface area contributed by atoms with Crippen LogP contribution in [0.2, 0.25) is 0 Å². The van der Waals surface area contributed by atoms with Crippen LogP contribution in [0.1, 0.15) is 92.7 Å². The first-order valence-electron chi connectivity index (χ1n) is 14.6. The van der Waals surface area contributed by atoms with Crippen LogP contribution in [0.15, 0.2) is 46.7 Å². The number of likely N-dealkylation sites (tertiary alicyclic amines) is 1. The first kappa shape index (κ1) is 29.6. The Morgan fingerprint density at radius 3 is 2.44 bits per heavy atom. The number of aromatic nitrogens is 1. The highest BCUT2D eigenvalue weighted by molar-refractivity contribution is 8.00. The Bertz CT molecular complexity index is 1440. The second-order valence-electron chi connectivity index (χ2n) is 12.5. The maximum atomic E-state index is 13.1. The molecule has 2 aromatic carbocycles. The van der Waals surface area contributed by atoms with Crippen molar-refractivity contribution in [1.82, 2.24) is 9.88 Å². The van der Waals surface area contributed by atoms with E-state index in [9.17, 15) is 9.59 Å². The molecule has 1 aliphatic heterocycles. The van der Waals surface area contributed by atoms with Gasteiger partial charge in [-0.25, -0.2) is 4.98 Å². The molecule has 6 nitrogen and oxygen atoms in total. The highest BCUT2D eigenvalue weighted by Gasteiger charge is 2.37. The molecule has 1 fully saturated rings. The summed E-state index contributed by atoms with van der Waals surface area (Å²) in [5.74, 6) is 0.856. The summed E-state index contributed by atoms with van der Waals surface area (Å²) < 4.78 is 5.56. The summed E-state index contributed by atoms with van der Waals surface area (Å²) in [4.78, 5) is 32.6. The number of hydrogen-bond acceptors (Lipinski definition) is 6. The van der Waals surface area contributed by atoms with Gasteiger partial charge in [-0.15, -0.1) is 23.1 Å². The van der Waals surface area contributed by atoms with Crippen LogP contribution in [0.4, 0.5) is 0 Å². The first-order valence-corrected chi connectivity index (χ1v) is 16.4. The van der Waals surface area contributed by atoms with Crippen LogP contribution >= 0.6 is 23.1 Å². The van der Waals surface area contributed by atoms with Gasteiger partial charge in [-0.05, 0) is 78.8 Å². The zero-order valence-corrected chi connectivity index (χ0v) is 26.4. The number of primary amides is 1. The van der Waals surface area contributed by atoms with Crippen molar-refractivity contribution >= 4 is 34.9 Å². The van der Waals surface area contributed by atoms with E-state index >= 15 is 0 Å². The lowest BCUT2D eigenvalue weighted by Gasteiger charge is -2.42. The molecule has 218 valence electrons. The van der Waals surface area contributed by atoms with Gasteiger partial charge in [0.1, 0.15) is 5.75 Å². The fourth-order valence-electron chi connectivity index (χ4n) is 6.04. The predicted molar refractivity (Wildman–Crippen MR) is 168 cm³/mol. The Labute approximate surface area is 252 Å². The van der Waals surface area contributed by atoms with Gasteiger partial charge in [0.05, 0.1) is 28.6 Å². The van der Waals surface area contributed by atoms with Crippen LogP contribution < -0.4 is 10.5 Å². The molecule has 1 saturated heterocycles. The van der Waals surface area contributed by atoms with Crippen molar-refractivity contribution in [1.29, 1.82) is 0 Å². The van der Waals surface area contributed by atoms with Gasteiger partial charge in [0.2, 0.25) is 11.8 Å². The molecule has 0 unspecified atom stereocenters. The number of benzene rings is 2. The number of hydrogen-bond donors (Lipinski definition) is 1. The third-order valence-corrected chi connectivity index (χ3v) is 10.8. The second-order valence-corrected chi connectivity index (χ2v) is 14.4. The van der Waals surface area contributed by atoms with Crippen LogP contribution in [0.25, 0.3) is 11.3 Å². The Morgan fingerprint density at radius 1 is 1.05 bits per heavy atom.